The van der Waals surface area contributed by atoms with Crippen molar-refractivity contribution in [3.05, 3.63) is 120 Å². The predicted octanol–water partition coefficient (Wildman–Crippen LogP) is 5.42. The monoisotopic (exact) mass is 609 g/mol. The van der Waals surface area contributed by atoms with Crippen molar-refractivity contribution in [2.24, 2.45) is 0 Å². The van der Waals surface area contributed by atoms with E-state index in [1.54, 1.807) is 36.4 Å². The molecule has 9 nitrogen and oxygen atoms in total. The lowest BCUT2D eigenvalue weighted by molar-refractivity contribution is 0.0465. The van der Waals surface area contributed by atoms with Crippen molar-refractivity contribution in [3.8, 4) is 11.1 Å². The summed E-state index contributed by atoms with van der Waals surface area (Å²) in [5, 5.41) is 3.36. The summed E-state index contributed by atoms with van der Waals surface area (Å²) in [6.45, 7) is 1.76. The standard InChI is InChI=1S/C31H31N3O6S.ClH/c35-30(39-21-23-7-3-1-4-8-23)29-28(27-13-11-25(12-14-27)26-15-18-32-19-16-26)17-20-34(29)41(37,38)33-31(36)40-22-24-9-5-2-6-10-24;/h1-14,17,20,26,32H,15-16,18-19,21-22H2,(H,33,36);1H. The molecule has 2 heterocycles. The lowest BCUT2D eigenvalue weighted by Gasteiger charge is -2.23. The Morgan fingerprint density at radius 2 is 1.38 bits per heavy atom. The minimum absolute atomic E-state index is 0. The largest absolute Gasteiger partial charge is 0.456 e. The second kappa shape index (κ2) is 14.2. The van der Waals surface area contributed by atoms with Crippen molar-refractivity contribution in [2.75, 3.05) is 13.1 Å². The van der Waals surface area contributed by atoms with E-state index in [1.807, 2.05) is 53.3 Å². The van der Waals surface area contributed by atoms with Gasteiger partial charge in [0.1, 0.15) is 13.2 Å². The van der Waals surface area contributed by atoms with Gasteiger partial charge in [-0.2, -0.15) is 8.42 Å². The molecule has 4 aromatic rings. The quantitative estimate of drug-likeness (QED) is 0.243. The van der Waals surface area contributed by atoms with Crippen LogP contribution >= 0.6 is 12.4 Å². The molecule has 1 aliphatic heterocycles. The number of hydrogen-bond acceptors (Lipinski definition) is 7. The van der Waals surface area contributed by atoms with Crippen LogP contribution in [0.3, 0.4) is 0 Å². The molecule has 0 saturated carbocycles. The van der Waals surface area contributed by atoms with E-state index in [2.05, 4.69) is 5.32 Å². The number of piperidine rings is 1. The van der Waals surface area contributed by atoms with E-state index in [0.717, 1.165) is 35.5 Å². The summed E-state index contributed by atoms with van der Waals surface area (Å²) in [7, 11) is -4.55. The number of amides is 1. The molecule has 220 valence electrons. The van der Waals surface area contributed by atoms with Gasteiger partial charge in [0.2, 0.25) is 0 Å². The molecule has 1 aromatic heterocycles. The fraction of sp³-hybridized carbons (Fsp3) is 0.226. The Morgan fingerprint density at radius 3 is 1.98 bits per heavy atom. The third-order valence-electron chi connectivity index (χ3n) is 6.97. The maximum Gasteiger partial charge on any atom is 0.422 e. The predicted molar refractivity (Wildman–Crippen MR) is 162 cm³/mol. The molecule has 42 heavy (non-hydrogen) atoms. The zero-order chi connectivity index (χ0) is 28.7. The Labute approximate surface area is 251 Å². The SMILES string of the molecule is Cl.O=C(NS(=O)(=O)n1ccc(-c2ccc(C3CCNCC3)cc2)c1C(=O)OCc1ccccc1)OCc1ccccc1. The van der Waals surface area contributed by atoms with Crippen LogP contribution in [0.15, 0.2) is 97.2 Å². The van der Waals surface area contributed by atoms with Crippen molar-refractivity contribution in [1.29, 1.82) is 0 Å². The van der Waals surface area contributed by atoms with E-state index in [1.165, 1.54) is 17.8 Å². The van der Waals surface area contributed by atoms with Gasteiger partial charge in [-0.05, 0) is 60.2 Å². The van der Waals surface area contributed by atoms with Gasteiger partial charge in [0, 0.05) is 11.8 Å². The molecule has 0 unspecified atom stereocenters. The molecule has 1 amide bonds. The molecular formula is C31H32ClN3O6S. The minimum Gasteiger partial charge on any atom is -0.456 e. The summed E-state index contributed by atoms with van der Waals surface area (Å²) in [6.07, 6.45) is 2.13. The van der Waals surface area contributed by atoms with Crippen molar-refractivity contribution < 1.29 is 27.5 Å². The van der Waals surface area contributed by atoms with Gasteiger partial charge in [-0.15, -0.1) is 12.4 Å². The molecule has 5 rings (SSSR count). The number of carbonyl (C=O) groups excluding carboxylic acids is 2. The van der Waals surface area contributed by atoms with Gasteiger partial charge in [0.25, 0.3) is 0 Å². The number of nitrogens with zero attached hydrogens (tertiary/aromatic N) is 1. The van der Waals surface area contributed by atoms with Crippen molar-refractivity contribution in [1.82, 2.24) is 14.0 Å². The molecule has 0 bridgehead atoms. The Bertz CT molecular complexity index is 1590. The van der Waals surface area contributed by atoms with Crippen LogP contribution in [0.25, 0.3) is 11.1 Å². The smallest absolute Gasteiger partial charge is 0.422 e. The van der Waals surface area contributed by atoms with E-state index in [-0.39, 0.29) is 31.3 Å². The highest BCUT2D eigenvalue weighted by Crippen LogP contribution is 2.31. The maximum absolute atomic E-state index is 13.4. The summed E-state index contributed by atoms with van der Waals surface area (Å²) < 4.78 is 39.8. The first kappa shape index (κ1) is 30.8. The number of rotatable bonds is 9. The third-order valence-corrected chi connectivity index (χ3v) is 8.22. The molecule has 0 atom stereocenters. The second-order valence-electron chi connectivity index (χ2n) is 9.75. The van der Waals surface area contributed by atoms with Crippen LogP contribution in [-0.2, 0) is 32.9 Å². The van der Waals surface area contributed by atoms with E-state index >= 15 is 0 Å². The van der Waals surface area contributed by atoms with Gasteiger partial charge in [-0.25, -0.2) is 18.3 Å². The second-order valence-corrected chi connectivity index (χ2v) is 11.3. The molecule has 2 N–H and O–H groups in total. The van der Waals surface area contributed by atoms with Gasteiger partial charge in [-0.1, -0.05) is 84.9 Å². The molecule has 0 spiro atoms. The fourth-order valence-corrected chi connectivity index (χ4v) is 5.84. The van der Waals surface area contributed by atoms with Gasteiger partial charge in [-0.3, -0.25) is 0 Å². The Kier molecular flexibility index (Phi) is 10.4. The van der Waals surface area contributed by atoms with Crippen LogP contribution in [0.4, 0.5) is 4.79 Å². The van der Waals surface area contributed by atoms with Gasteiger partial charge < -0.3 is 14.8 Å². The van der Waals surface area contributed by atoms with Crippen LogP contribution in [0, 0.1) is 0 Å². The Hall–Kier alpha value is -4.12. The van der Waals surface area contributed by atoms with Crippen LogP contribution in [0.5, 0.6) is 0 Å². The van der Waals surface area contributed by atoms with Crippen LogP contribution < -0.4 is 10.0 Å². The van der Waals surface area contributed by atoms with Gasteiger partial charge >= 0.3 is 22.3 Å². The van der Waals surface area contributed by atoms with E-state index in [9.17, 15) is 18.0 Å². The third kappa shape index (κ3) is 7.58. The summed E-state index contributed by atoms with van der Waals surface area (Å²) in [5.74, 6) is -0.406. The average Bonchev–Trinajstić information content (AvgIpc) is 3.47. The number of carbonyl (C=O) groups is 2. The maximum atomic E-state index is 13.4. The molecule has 3 aromatic carbocycles. The van der Waals surface area contributed by atoms with Crippen LogP contribution in [-0.4, -0.2) is 37.5 Å². The van der Waals surface area contributed by atoms with Crippen molar-refractivity contribution >= 4 is 34.7 Å². The average molecular weight is 610 g/mol. The number of esters is 1. The number of hydrogen-bond donors (Lipinski definition) is 2. The fourth-order valence-electron chi connectivity index (χ4n) is 4.84. The first-order valence-corrected chi connectivity index (χ1v) is 14.8. The highest BCUT2D eigenvalue weighted by Gasteiger charge is 2.28. The van der Waals surface area contributed by atoms with Crippen molar-refractivity contribution in [3.63, 3.8) is 0 Å². The first-order valence-electron chi connectivity index (χ1n) is 13.4. The van der Waals surface area contributed by atoms with E-state index in [0.29, 0.717) is 22.6 Å². The topological polar surface area (TPSA) is 116 Å². The molecule has 0 radical (unpaired) electrons. The van der Waals surface area contributed by atoms with Crippen LogP contribution in [0.2, 0.25) is 0 Å². The number of ether oxygens (including phenoxy) is 2. The molecule has 1 saturated heterocycles. The summed E-state index contributed by atoms with van der Waals surface area (Å²) in [5.41, 5.74) is 3.42. The van der Waals surface area contributed by atoms with Crippen LogP contribution in [0.1, 0.15) is 45.9 Å². The molecule has 11 heteroatoms. The van der Waals surface area contributed by atoms with Crippen molar-refractivity contribution in [2.45, 2.75) is 32.0 Å². The molecule has 0 aliphatic carbocycles. The number of benzene rings is 3. The lowest BCUT2D eigenvalue weighted by Crippen LogP contribution is -2.36. The molecule has 1 fully saturated rings. The number of aromatic nitrogens is 1. The van der Waals surface area contributed by atoms with E-state index in [4.69, 9.17) is 9.47 Å². The normalized spacial score (nSPS) is 13.5. The molecular weight excluding hydrogens is 578 g/mol. The molecule has 1 aliphatic rings. The van der Waals surface area contributed by atoms with Gasteiger partial charge in [0.05, 0.1) is 0 Å². The minimum atomic E-state index is -4.55. The number of nitrogens with one attached hydrogen (secondary N) is 2. The van der Waals surface area contributed by atoms with E-state index < -0.39 is 22.3 Å². The zero-order valence-corrected chi connectivity index (χ0v) is 24.4. The Morgan fingerprint density at radius 1 is 0.810 bits per heavy atom. The zero-order valence-electron chi connectivity index (χ0n) is 22.8. The lowest BCUT2D eigenvalue weighted by atomic mass is 9.89. The summed E-state index contributed by atoms with van der Waals surface area (Å²) >= 11 is 0. The van der Waals surface area contributed by atoms with Gasteiger partial charge in [0.15, 0.2) is 5.69 Å². The highest BCUT2D eigenvalue weighted by atomic mass is 35.5. The highest BCUT2D eigenvalue weighted by molar-refractivity contribution is 7.88. The summed E-state index contributed by atoms with van der Waals surface area (Å²) in [4.78, 5) is 25.8. The first-order chi connectivity index (χ1) is 19.9. The Balaban J connectivity index is 0.00000405. The summed E-state index contributed by atoms with van der Waals surface area (Å²) in [6, 6.07) is 27.2. The number of halogens is 1.